The van der Waals surface area contributed by atoms with Gasteiger partial charge in [-0.2, -0.15) is 0 Å². The third-order valence-electron chi connectivity index (χ3n) is 3.42. The molecular formula is C20H14S5. The first-order valence-corrected chi connectivity index (χ1v) is 12.0. The fourth-order valence-electron chi connectivity index (χ4n) is 2.28. The van der Waals surface area contributed by atoms with Crippen molar-refractivity contribution in [3.05, 3.63) is 82.2 Å². The molecule has 5 rings (SSSR count). The van der Waals surface area contributed by atoms with Crippen LogP contribution in [0.1, 0.15) is 0 Å². The van der Waals surface area contributed by atoms with Gasteiger partial charge in [0, 0.05) is 29.3 Å². The van der Waals surface area contributed by atoms with Crippen molar-refractivity contribution in [3.8, 4) is 29.3 Å². The van der Waals surface area contributed by atoms with Crippen LogP contribution in [-0.4, -0.2) is 0 Å². The molecule has 0 saturated heterocycles. The van der Waals surface area contributed by atoms with Gasteiger partial charge in [-0.1, -0.05) is 24.3 Å². The maximum absolute atomic E-state index is 2.21. The van der Waals surface area contributed by atoms with E-state index in [0.29, 0.717) is 0 Å². The van der Waals surface area contributed by atoms with Crippen molar-refractivity contribution in [2.75, 3.05) is 0 Å². The van der Waals surface area contributed by atoms with Gasteiger partial charge in [-0.3, -0.25) is 0 Å². The van der Waals surface area contributed by atoms with Crippen LogP contribution < -0.4 is 0 Å². The summed E-state index contributed by atoms with van der Waals surface area (Å²) in [5.74, 6) is 0. The molecule has 0 aliphatic heterocycles. The van der Waals surface area contributed by atoms with E-state index in [0.717, 1.165) is 0 Å². The second-order valence-electron chi connectivity index (χ2n) is 5.07. The second-order valence-corrected chi connectivity index (χ2v) is 9.95. The summed E-state index contributed by atoms with van der Waals surface area (Å²) in [4.78, 5) is 8.21. The first-order valence-electron chi connectivity index (χ1n) is 7.65. The molecule has 0 aliphatic carbocycles. The summed E-state index contributed by atoms with van der Waals surface area (Å²) < 4.78 is 0. The first-order chi connectivity index (χ1) is 12.4. The van der Waals surface area contributed by atoms with Gasteiger partial charge in [0.05, 0.1) is 0 Å². The first kappa shape index (κ1) is 16.9. The molecule has 0 radical (unpaired) electrons. The summed E-state index contributed by atoms with van der Waals surface area (Å²) in [6.45, 7) is 0. The van der Waals surface area contributed by atoms with E-state index >= 15 is 0 Å². The summed E-state index contributed by atoms with van der Waals surface area (Å²) in [7, 11) is 0. The molecule has 5 aromatic heterocycles. The lowest BCUT2D eigenvalue weighted by molar-refractivity contribution is 1.91. The normalized spacial score (nSPS) is 10.4. The fourth-order valence-corrected chi connectivity index (χ4v) is 6.53. The van der Waals surface area contributed by atoms with Crippen LogP contribution in [0.15, 0.2) is 82.2 Å². The maximum atomic E-state index is 2.21. The lowest BCUT2D eigenvalue weighted by atomic mass is 10.3. The highest BCUT2D eigenvalue weighted by Gasteiger charge is 2.05. The van der Waals surface area contributed by atoms with E-state index in [1.807, 2.05) is 11.3 Å². The van der Waals surface area contributed by atoms with Crippen LogP contribution in [0.4, 0.5) is 0 Å². The van der Waals surface area contributed by atoms with Gasteiger partial charge in [-0.15, -0.1) is 56.7 Å². The highest BCUT2D eigenvalue weighted by atomic mass is 32.1. The molecule has 0 unspecified atom stereocenters. The van der Waals surface area contributed by atoms with Crippen molar-refractivity contribution >= 4 is 56.7 Å². The molecule has 0 N–H and O–H groups in total. The van der Waals surface area contributed by atoms with Gasteiger partial charge >= 0.3 is 0 Å². The molecule has 5 aromatic rings. The van der Waals surface area contributed by atoms with Crippen LogP contribution in [0.2, 0.25) is 0 Å². The summed E-state index contributed by atoms with van der Waals surface area (Å²) in [5.41, 5.74) is 0. The number of thiophene rings is 5. The van der Waals surface area contributed by atoms with E-state index in [1.165, 1.54) is 29.3 Å². The molecule has 0 atom stereocenters. The van der Waals surface area contributed by atoms with Gasteiger partial charge in [0.15, 0.2) is 0 Å². The summed E-state index contributed by atoms with van der Waals surface area (Å²) in [5, 5.41) is 8.46. The van der Waals surface area contributed by atoms with E-state index in [2.05, 4.69) is 82.2 Å². The number of rotatable bonds is 3. The van der Waals surface area contributed by atoms with Crippen molar-refractivity contribution in [3.63, 3.8) is 0 Å². The molecule has 25 heavy (non-hydrogen) atoms. The lowest BCUT2D eigenvalue weighted by Gasteiger charge is -1.89. The third-order valence-corrected chi connectivity index (χ3v) is 8.57. The Balaban J connectivity index is 0.000000136. The maximum Gasteiger partial charge on any atom is 0.0449 e. The Hall–Kier alpha value is -1.50. The van der Waals surface area contributed by atoms with Crippen LogP contribution in [0, 0.1) is 0 Å². The zero-order valence-corrected chi connectivity index (χ0v) is 17.2. The van der Waals surface area contributed by atoms with Crippen molar-refractivity contribution in [2.45, 2.75) is 0 Å². The highest BCUT2D eigenvalue weighted by Crippen LogP contribution is 2.37. The van der Waals surface area contributed by atoms with Crippen molar-refractivity contribution < 1.29 is 0 Å². The van der Waals surface area contributed by atoms with Gasteiger partial charge in [0.2, 0.25) is 0 Å². The Labute approximate surface area is 167 Å². The molecule has 0 saturated carbocycles. The molecule has 0 amide bonds. The van der Waals surface area contributed by atoms with Crippen molar-refractivity contribution in [1.82, 2.24) is 0 Å². The minimum Gasteiger partial charge on any atom is -0.143 e. The molecule has 0 bridgehead atoms. The summed E-state index contributed by atoms with van der Waals surface area (Å²) in [6.07, 6.45) is 0. The predicted octanol–water partition coefficient (Wildman–Crippen LogP) is 8.68. The van der Waals surface area contributed by atoms with Crippen molar-refractivity contribution in [1.29, 1.82) is 0 Å². The van der Waals surface area contributed by atoms with E-state index in [4.69, 9.17) is 0 Å². The molecule has 0 spiro atoms. The average Bonchev–Trinajstić information content (AvgIpc) is 3.50. The molecule has 0 fully saturated rings. The highest BCUT2D eigenvalue weighted by molar-refractivity contribution is 7.25. The molecule has 0 nitrogen and oxygen atoms in total. The Morgan fingerprint density at radius 2 is 0.680 bits per heavy atom. The van der Waals surface area contributed by atoms with E-state index in [1.54, 1.807) is 45.3 Å². The number of hydrogen-bond donors (Lipinski definition) is 0. The minimum absolute atomic E-state index is 1.36. The van der Waals surface area contributed by atoms with Crippen LogP contribution in [0.5, 0.6) is 0 Å². The van der Waals surface area contributed by atoms with E-state index < -0.39 is 0 Å². The number of hydrogen-bond acceptors (Lipinski definition) is 5. The van der Waals surface area contributed by atoms with Crippen LogP contribution in [0.25, 0.3) is 29.3 Å². The van der Waals surface area contributed by atoms with Gasteiger partial charge < -0.3 is 0 Å². The predicted molar refractivity (Wildman–Crippen MR) is 119 cm³/mol. The smallest absolute Gasteiger partial charge is 0.0449 e. The zero-order chi connectivity index (χ0) is 16.9. The SMILES string of the molecule is c1csc(-c2ccc(-c3cccs3)s2)c1.c1csc(-c2cccs2)c1. The standard InChI is InChI=1S/C12H8S3.C8H6S2/c1-3-9(13-7-1)11-5-6-12(15-11)10-4-2-8-14-10;1-3-7(9-5-1)8-4-2-6-10-8/h1-8H;1-6H. The average molecular weight is 415 g/mol. The van der Waals surface area contributed by atoms with Crippen molar-refractivity contribution in [2.24, 2.45) is 0 Å². The molecule has 5 heteroatoms. The van der Waals surface area contributed by atoms with Crippen LogP contribution in [-0.2, 0) is 0 Å². The van der Waals surface area contributed by atoms with Gasteiger partial charge in [0.1, 0.15) is 0 Å². The molecule has 5 heterocycles. The van der Waals surface area contributed by atoms with Crippen LogP contribution >= 0.6 is 56.7 Å². The fraction of sp³-hybridized carbons (Fsp3) is 0. The minimum atomic E-state index is 1.36. The Kier molecular flexibility index (Phi) is 5.59. The van der Waals surface area contributed by atoms with Gasteiger partial charge in [-0.05, 0) is 57.9 Å². The van der Waals surface area contributed by atoms with Gasteiger partial charge in [-0.25, -0.2) is 0 Å². The molecule has 0 aromatic carbocycles. The molecule has 124 valence electrons. The second kappa shape index (κ2) is 8.25. The molecule has 0 aliphatic rings. The summed E-state index contributed by atoms with van der Waals surface area (Å²) >= 11 is 9.05. The quantitative estimate of drug-likeness (QED) is 0.277. The van der Waals surface area contributed by atoms with E-state index in [-0.39, 0.29) is 0 Å². The Morgan fingerprint density at radius 3 is 0.960 bits per heavy atom. The topological polar surface area (TPSA) is 0 Å². The van der Waals surface area contributed by atoms with Gasteiger partial charge in [0.25, 0.3) is 0 Å². The molecular weight excluding hydrogens is 401 g/mol. The van der Waals surface area contributed by atoms with E-state index in [9.17, 15) is 0 Å². The lowest BCUT2D eigenvalue weighted by Crippen LogP contribution is -1.57. The Bertz CT molecular complexity index is 888. The monoisotopic (exact) mass is 414 g/mol. The zero-order valence-electron chi connectivity index (χ0n) is 13.1. The summed E-state index contributed by atoms with van der Waals surface area (Å²) in [6, 6.07) is 21.4. The largest absolute Gasteiger partial charge is 0.143 e. The third kappa shape index (κ3) is 4.19. The Morgan fingerprint density at radius 1 is 0.360 bits per heavy atom. The van der Waals surface area contributed by atoms with Crippen LogP contribution in [0.3, 0.4) is 0 Å².